The van der Waals surface area contributed by atoms with E-state index >= 15 is 0 Å². The molecule has 0 bridgehead atoms. The average Bonchev–Trinajstić information content (AvgIpc) is 3.13. The minimum absolute atomic E-state index is 0.126. The number of nitrogens with zero attached hydrogens (tertiary/aromatic N) is 4. The number of anilines is 1. The first-order chi connectivity index (χ1) is 12.2. The summed E-state index contributed by atoms with van der Waals surface area (Å²) in [6, 6.07) is 0. The predicted octanol–water partition coefficient (Wildman–Crippen LogP) is -1.52. The Balaban J connectivity index is 1.77. The lowest BCUT2D eigenvalue weighted by Gasteiger charge is -2.16. The van der Waals surface area contributed by atoms with E-state index in [2.05, 4.69) is 24.8 Å². The van der Waals surface area contributed by atoms with Crippen LogP contribution in [0.5, 0.6) is 0 Å². The van der Waals surface area contributed by atoms with E-state index in [9.17, 15) is 14.5 Å². The van der Waals surface area contributed by atoms with Crippen LogP contribution in [0.1, 0.15) is 12.6 Å². The topological polar surface area (TPSA) is 195 Å². The van der Waals surface area contributed by atoms with Crippen molar-refractivity contribution in [1.29, 1.82) is 0 Å². The number of hydrogen-bond acceptors (Lipinski definition) is 9. The van der Waals surface area contributed by atoms with Crippen molar-refractivity contribution >= 4 is 30.7 Å². The van der Waals surface area contributed by atoms with Crippen LogP contribution in [0.15, 0.2) is 12.7 Å². The maximum atomic E-state index is 10.9. The molecule has 13 nitrogen and oxygen atoms in total. The van der Waals surface area contributed by atoms with E-state index in [0.29, 0.717) is 17.0 Å². The SMILES string of the molecule is NC(=O)CNc1ncnc2c1ncn2[C@H]1C[C@H](O)[C@@H](COP(=O)(O)O)O1. The van der Waals surface area contributed by atoms with Crippen molar-refractivity contribution in [3.63, 3.8) is 0 Å². The number of amides is 1. The van der Waals surface area contributed by atoms with Crippen molar-refractivity contribution in [2.75, 3.05) is 18.5 Å². The Bertz CT molecular complexity index is 854. The lowest BCUT2D eigenvalue weighted by molar-refractivity contribution is -0.116. The molecule has 0 radical (unpaired) electrons. The van der Waals surface area contributed by atoms with Crippen LogP contribution in [0.2, 0.25) is 0 Å². The van der Waals surface area contributed by atoms with Crippen molar-refractivity contribution in [3.8, 4) is 0 Å². The fraction of sp³-hybridized carbons (Fsp3) is 0.500. The number of carbonyl (C=O) groups excluding carboxylic acids is 1. The zero-order chi connectivity index (χ0) is 18.9. The van der Waals surface area contributed by atoms with Gasteiger partial charge in [0.2, 0.25) is 5.91 Å². The number of phosphoric ester groups is 1. The van der Waals surface area contributed by atoms with Crippen molar-refractivity contribution in [1.82, 2.24) is 19.5 Å². The molecule has 14 heteroatoms. The van der Waals surface area contributed by atoms with E-state index in [1.807, 2.05) is 0 Å². The van der Waals surface area contributed by atoms with Gasteiger partial charge in [-0.1, -0.05) is 0 Å². The van der Waals surface area contributed by atoms with Gasteiger partial charge in [0.05, 0.1) is 25.6 Å². The average molecular weight is 388 g/mol. The number of imidazole rings is 1. The number of nitrogens with two attached hydrogens (primary N) is 1. The second-order valence-corrected chi connectivity index (χ2v) is 6.82. The molecule has 26 heavy (non-hydrogen) atoms. The summed E-state index contributed by atoms with van der Waals surface area (Å²) >= 11 is 0. The monoisotopic (exact) mass is 388 g/mol. The van der Waals surface area contributed by atoms with Crippen molar-refractivity contribution in [3.05, 3.63) is 12.7 Å². The number of aromatic nitrogens is 4. The Morgan fingerprint density at radius 3 is 2.92 bits per heavy atom. The van der Waals surface area contributed by atoms with Crippen molar-refractivity contribution in [2.45, 2.75) is 24.9 Å². The van der Waals surface area contributed by atoms with E-state index in [-0.39, 0.29) is 13.0 Å². The molecule has 0 spiro atoms. The van der Waals surface area contributed by atoms with E-state index in [4.69, 9.17) is 20.3 Å². The Morgan fingerprint density at radius 1 is 1.46 bits per heavy atom. The van der Waals surface area contributed by atoms with Crippen LogP contribution < -0.4 is 11.1 Å². The zero-order valence-electron chi connectivity index (χ0n) is 13.3. The highest BCUT2D eigenvalue weighted by Crippen LogP contribution is 2.38. The van der Waals surface area contributed by atoms with Crippen molar-refractivity contribution < 1.29 is 33.5 Å². The van der Waals surface area contributed by atoms with Gasteiger partial charge in [0.25, 0.3) is 0 Å². The lowest BCUT2D eigenvalue weighted by atomic mass is 10.2. The van der Waals surface area contributed by atoms with Gasteiger partial charge in [-0.05, 0) is 0 Å². The highest BCUT2D eigenvalue weighted by atomic mass is 31.2. The first-order valence-electron chi connectivity index (χ1n) is 7.48. The molecular weight excluding hydrogens is 371 g/mol. The largest absolute Gasteiger partial charge is 0.469 e. The Kier molecular flexibility index (Phi) is 5.18. The molecule has 0 aliphatic carbocycles. The van der Waals surface area contributed by atoms with Crippen LogP contribution in [0, 0.1) is 0 Å². The van der Waals surface area contributed by atoms with Gasteiger partial charge in [-0.25, -0.2) is 19.5 Å². The van der Waals surface area contributed by atoms with E-state index in [1.165, 1.54) is 12.7 Å². The summed E-state index contributed by atoms with van der Waals surface area (Å²) in [5.74, 6) is -0.251. The minimum Gasteiger partial charge on any atom is -0.390 e. The maximum Gasteiger partial charge on any atom is 0.469 e. The van der Waals surface area contributed by atoms with Gasteiger partial charge < -0.3 is 30.7 Å². The molecule has 6 N–H and O–H groups in total. The van der Waals surface area contributed by atoms with E-state index in [0.717, 1.165) is 0 Å². The molecule has 3 atom stereocenters. The first-order valence-corrected chi connectivity index (χ1v) is 9.01. The lowest BCUT2D eigenvalue weighted by Crippen LogP contribution is -2.25. The molecular formula is C12H17N6O7P. The molecule has 1 amide bonds. The standard InChI is InChI=1S/C12H17N6O7P/c13-8(20)2-14-11-10-12(16-4-15-11)18(5-17-10)9-1-6(19)7(25-9)3-24-26(21,22)23/h4-7,9,19H,1-3H2,(H2,13,20)(H,14,15,16)(H2,21,22,23)/t6-,7+,9+/m0/s1. The molecule has 2 aromatic rings. The molecule has 142 valence electrons. The summed E-state index contributed by atoms with van der Waals surface area (Å²) < 4.78 is 22.3. The van der Waals surface area contributed by atoms with Gasteiger partial charge >= 0.3 is 7.82 Å². The summed E-state index contributed by atoms with van der Waals surface area (Å²) in [5, 5.41) is 12.8. The van der Waals surface area contributed by atoms with Crippen LogP contribution in [0.25, 0.3) is 11.2 Å². The molecule has 0 aromatic carbocycles. The van der Waals surface area contributed by atoms with Crippen LogP contribution in [0.3, 0.4) is 0 Å². The Hall–Kier alpha value is -2.15. The fourth-order valence-electron chi connectivity index (χ4n) is 2.57. The quantitative estimate of drug-likeness (QED) is 0.346. The van der Waals surface area contributed by atoms with Crippen molar-refractivity contribution in [2.24, 2.45) is 5.73 Å². The Labute approximate surface area is 146 Å². The minimum atomic E-state index is -4.66. The third kappa shape index (κ3) is 4.15. The van der Waals surface area contributed by atoms with Gasteiger partial charge in [0.15, 0.2) is 17.0 Å². The number of aliphatic hydroxyl groups excluding tert-OH is 1. The molecule has 0 unspecified atom stereocenters. The molecule has 3 rings (SSSR count). The first kappa shape index (κ1) is 18.6. The molecule has 1 aliphatic heterocycles. The summed E-state index contributed by atoms with van der Waals surface area (Å²) in [4.78, 5) is 40.7. The number of aliphatic hydroxyl groups is 1. The molecule has 1 fully saturated rings. The van der Waals surface area contributed by atoms with Crippen LogP contribution in [-0.2, 0) is 18.6 Å². The number of hydrogen-bond donors (Lipinski definition) is 5. The Morgan fingerprint density at radius 2 is 2.23 bits per heavy atom. The van der Waals surface area contributed by atoms with Gasteiger partial charge in [0, 0.05) is 6.42 Å². The predicted molar refractivity (Wildman–Crippen MR) is 85.5 cm³/mol. The maximum absolute atomic E-state index is 10.9. The van der Waals surface area contributed by atoms with Gasteiger partial charge in [-0.2, -0.15) is 0 Å². The van der Waals surface area contributed by atoms with Crippen LogP contribution >= 0.6 is 7.82 Å². The molecule has 1 aliphatic rings. The summed E-state index contributed by atoms with van der Waals surface area (Å²) in [6.07, 6.45) is 0.272. The van der Waals surface area contributed by atoms with Crippen LogP contribution in [0.4, 0.5) is 5.82 Å². The second-order valence-electron chi connectivity index (χ2n) is 5.58. The number of nitrogens with one attached hydrogen (secondary N) is 1. The third-order valence-electron chi connectivity index (χ3n) is 3.71. The number of ether oxygens (including phenoxy) is 1. The smallest absolute Gasteiger partial charge is 0.390 e. The number of rotatable bonds is 7. The molecule has 0 saturated carbocycles. The number of carbonyl (C=O) groups is 1. The highest BCUT2D eigenvalue weighted by molar-refractivity contribution is 7.46. The molecule has 1 saturated heterocycles. The van der Waals surface area contributed by atoms with E-state index in [1.54, 1.807) is 4.57 Å². The summed E-state index contributed by atoms with van der Waals surface area (Å²) in [5.41, 5.74) is 5.86. The third-order valence-corrected chi connectivity index (χ3v) is 4.20. The number of phosphoric acid groups is 1. The van der Waals surface area contributed by atoms with Crippen LogP contribution in [-0.4, -0.2) is 65.7 Å². The molecule has 2 aromatic heterocycles. The normalized spacial score (nSPS) is 23.4. The number of primary amides is 1. The van der Waals surface area contributed by atoms with E-state index < -0.39 is 38.8 Å². The molecule has 3 heterocycles. The summed E-state index contributed by atoms with van der Waals surface area (Å²) in [6.45, 7) is -0.589. The summed E-state index contributed by atoms with van der Waals surface area (Å²) in [7, 11) is -4.66. The second kappa shape index (κ2) is 7.23. The zero-order valence-corrected chi connectivity index (χ0v) is 14.2. The van der Waals surface area contributed by atoms with Gasteiger partial charge in [-0.15, -0.1) is 0 Å². The number of fused-ring (bicyclic) bond motifs is 1. The fourth-order valence-corrected chi connectivity index (χ4v) is 2.91. The van der Waals surface area contributed by atoms with Gasteiger partial charge in [0.1, 0.15) is 18.7 Å². The van der Waals surface area contributed by atoms with Gasteiger partial charge in [-0.3, -0.25) is 13.9 Å². The highest BCUT2D eigenvalue weighted by Gasteiger charge is 2.37.